The molecule has 0 radical (unpaired) electrons. The Hall–Kier alpha value is -3.13. The van der Waals surface area contributed by atoms with Crippen LogP contribution in [0.2, 0.25) is 5.02 Å². The molecular weight excluding hydrogens is 389 g/mol. The van der Waals surface area contributed by atoms with Crippen LogP contribution in [-0.2, 0) is 0 Å². The van der Waals surface area contributed by atoms with Crippen LogP contribution in [0, 0.1) is 12.7 Å². The van der Waals surface area contributed by atoms with Gasteiger partial charge in [0.25, 0.3) is 11.4 Å². The summed E-state index contributed by atoms with van der Waals surface area (Å²) < 4.78 is 26.4. The molecule has 3 rings (SSSR count). The molecule has 2 aromatic heterocycles. The van der Waals surface area contributed by atoms with Crippen LogP contribution in [0.5, 0.6) is 17.4 Å². The quantitative estimate of drug-likeness (QED) is 0.677. The number of ether oxygens (including phenoxy) is 2. The molecule has 0 saturated heterocycles. The first-order valence-electron chi connectivity index (χ1n) is 8.48. The number of hydrogen-bond acceptors (Lipinski definition) is 5. The van der Waals surface area contributed by atoms with Gasteiger partial charge in [-0.1, -0.05) is 18.5 Å². The predicted molar refractivity (Wildman–Crippen MR) is 102 cm³/mol. The van der Waals surface area contributed by atoms with Gasteiger partial charge >= 0.3 is 5.69 Å². The van der Waals surface area contributed by atoms with E-state index in [0.717, 1.165) is 12.5 Å². The highest BCUT2D eigenvalue weighted by atomic mass is 35.5. The van der Waals surface area contributed by atoms with E-state index < -0.39 is 17.1 Å². The molecule has 146 valence electrons. The van der Waals surface area contributed by atoms with Crippen molar-refractivity contribution < 1.29 is 13.9 Å². The van der Waals surface area contributed by atoms with E-state index in [1.807, 2.05) is 6.92 Å². The average Bonchev–Trinajstić information content (AvgIpc) is 2.63. The lowest BCUT2D eigenvalue weighted by Gasteiger charge is -2.14. The number of nitrogens with one attached hydrogen (secondary N) is 1. The molecule has 0 unspecified atom stereocenters. The van der Waals surface area contributed by atoms with Crippen molar-refractivity contribution in [1.82, 2.24) is 14.5 Å². The third kappa shape index (κ3) is 4.07. The van der Waals surface area contributed by atoms with Crippen LogP contribution < -0.4 is 20.7 Å². The zero-order chi connectivity index (χ0) is 20.3. The topological polar surface area (TPSA) is 86.2 Å². The maximum atomic E-state index is 14.5. The van der Waals surface area contributed by atoms with Crippen LogP contribution >= 0.6 is 11.6 Å². The van der Waals surface area contributed by atoms with Gasteiger partial charge < -0.3 is 14.5 Å². The Morgan fingerprint density at radius 3 is 2.75 bits per heavy atom. The van der Waals surface area contributed by atoms with Gasteiger partial charge in [0.15, 0.2) is 5.75 Å². The first-order valence-corrected chi connectivity index (χ1v) is 8.86. The molecule has 0 atom stereocenters. The minimum absolute atomic E-state index is 0.0388. The highest BCUT2D eigenvalue weighted by Gasteiger charge is 2.17. The largest absolute Gasteiger partial charge is 0.475 e. The molecule has 2 heterocycles. The van der Waals surface area contributed by atoms with Gasteiger partial charge in [0.2, 0.25) is 0 Å². The molecule has 1 N–H and O–H groups in total. The van der Waals surface area contributed by atoms with E-state index in [2.05, 4.69) is 9.97 Å². The normalized spacial score (nSPS) is 10.7. The van der Waals surface area contributed by atoms with Gasteiger partial charge in [0, 0.05) is 24.0 Å². The second-order valence-electron chi connectivity index (χ2n) is 5.92. The summed E-state index contributed by atoms with van der Waals surface area (Å²) >= 11 is 6.10. The summed E-state index contributed by atoms with van der Waals surface area (Å²) in [7, 11) is 0. The molecule has 0 aliphatic carbocycles. The van der Waals surface area contributed by atoms with E-state index in [9.17, 15) is 14.0 Å². The van der Waals surface area contributed by atoms with Crippen molar-refractivity contribution in [2.24, 2.45) is 0 Å². The zero-order valence-electron chi connectivity index (χ0n) is 15.2. The first-order chi connectivity index (χ1) is 13.4. The zero-order valence-corrected chi connectivity index (χ0v) is 15.9. The highest BCUT2D eigenvalue weighted by Crippen LogP contribution is 2.35. The summed E-state index contributed by atoms with van der Waals surface area (Å²) in [4.78, 5) is 31.0. The van der Waals surface area contributed by atoms with E-state index >= 15 is 0 Å². The number of nitrogens with zero attached hydrogens (tertiary/aromatic N) is 2. The third-order valence-corrected chi connectivity index (χ3v) is 4.00. The molecule has 0 aliphatic rings. The van der Waals surface area contributed by atoms with E-state index in [1.165, 1.54) is 12.1 Å². The molecule has 28 heavy (non-hydrogen) atoms. The standard InChI is InChI=1S/C19H17ClFN3O4/c1-3-7-27-18-15(5-4-6-22-18)28-16-10-14(13(21)9-12(16)20)24-17(25)8-11(2)23-19(24)26/h4-6,8-10H,3,7H2,1-2H3,(H,23,26). The minimum atomic E-state index is -0.845. The monoisotopic (exact) mass is 405 g/mol. The predicted octanol–water partition coefficient (Wildman–Crippen LogP) is 3.60. The van der Waals surface area contributed by atoms with Gasteiger partial charge in [-0.15, -0.1) is 0 Å². The number of hydrogen-bond donors (Lipinski definition) is 1. The van der Waals surface area contributed by atoms with Crippen LogP contribution in [0.3, 0.4) is 0 Å². The SMILES string of the molecule is CCCOc1ncccc1Oc1cc(-n2c(=O)cc(C)[nH]c2=O)c(F)cc1Cl. The van der Waals surface area contributed by atoms with Crippen LogP contribution in [0.4, 0.5) is 4.39 Å². The Morgan fingerprint density at radius 1 is 1.25 bits per heavy atom. The minimum Gasteiger partial charge on any atom is -0.475 e. The molecule has 0 saturated carbocycles. The van der Waals surface area contributed by atoms with Crippen molar-refractivity contribution in [2.75, 3.05) is 6.61 Å². The fourth-order valence-corrected chi connectivity index (χ4v) is 2.67. The lowest BCUT2D eigenvalue weighted by molar-refractivity contribution is 0.289. The molecule has 0 fully saturated rings. The van der Waals surface area contributed by atoms with Crippen LogP contribution in [0.15, 0.2) is 46.1 Å². The van der Waals surface area contributed by atoms with Crippen molar-refractivity contribution >= 4 is 11.6 Å². The number of rotatable bonds is 6. The maximum absolute atomic E-state index is 14.5. The van der Waals surface area contributed by atoms with E-state index in [1.54, 1.807) is 25.3 Å². The van der Waals surface area contributed by atoms with Gasteiger partial charge in [-0.25, -0.2) is 18.7 Å². The maximum Gasteiger partial charge on any atom is 0.333 e. The fourth-order valence-electron chi connectivity index (χ4n) is 2.49. The van der Waals surface area contributed by atoms with Gasteiger partial charge in [0.1, 0.15) is 11.6 Å². The molecule has 9 heteroatoms. The summed E-state index contributed by atoms with van der Waals surface area (Å²) in [5.74, 6) is -0.293. The number of H-pyrrole nitrogens is 1. The molecule has 0 spiro atoms. The van der Waals surface area contributed by atoms with Crippen LogP contribution in [0.25, 0.3) is 5.69 Å². The van der Waals surface area contributed by atoms with Crippen molar-refractivity contribution in [3.05, 3.63) is 73.9 Å². The lowest BCUT2D eigenvalue weighted by Crippen LogP contribution is -2.34. The number of aryl methyl sites for hydroxylation is 1. The molecule has 0 amide bonds. The van der Waals surface area contributed by atoms with Gasteiger partial charge in [-0.05, 0) is 31.5 Å². The lowest BCUT2D eigenvalue weighted by atomic mass is 10.2. The Morgan fingerprint density at radius 2 is 2.04 bits per heavy atom. The van der Waals surface area contributed by atoms with Crippen LogP contribution in [-0.4, -0.2) is 21.1 Å². The number of aromatic amines is 1. The summed E-state index contributed by atoms with van der Waals surface area (Å²) in [5, 5.41) is -0.0388. The number of benzene rings is 1. The summed E-state index contributed by atoms with van der Waals surface area (Å²) in [6, 6.07) is 6.60. The van der Waals surface area contributed by atoms with Gasteiger partial charge in [0.05, 0.1) is 17.3 Å². The Bertz CT molecular complexity index is 1100. The van der Waals surface area contributed by atoms with Crippen LogP contribution in [0.1, 0.15) is 19.0 Å². The summed E-state index contributed by atoms with van der Waals surface area (Å²) in [6.45, 7) is 3.94. The Labute approximate surface area is 164 Å². The smallest absolute Gasteiger partial charge is 0.333 e. The molecule has 0 bridgehead atoms. The fraction of sp³-hybridized carbons (Fsp3) is 0.211. The van der Waals surface area contributed by atoms with Gasteiger partial charge in [-0.3, -0.25) is 4.79 Å². The molecule has 7 nitrogen and oxygen atoms in total. The number of aromatic nitrogens is 3. The second kappa shape index (κ2) is 8.26. The molecular formula is C19H17ClFN3O4. The average molecular weight is 406 g/mol. The second-order valence-corrected chi connectivity index (χ2v) is 6.33. The molecule has 0 aliphatic heterocycles. The van der Waals surface area contributed by atoms with Crippen molar-refractivity contribution in [3.8, 4) is 23.1 Å². The van der Waals surface area contributed by atoms with E-state index in [-0.39, 0.29) is 28.1 Å². The van der Waals surface area contributed by atoms with Crippen molar-refractivity contribution in [1.29, 1.82) is 0 Å². The Kier molecular flexibility index (Phi) is 5.79. The highest BCUT2D eigenvalue weighted by molar-refractivity contribution is 6.32. The van der Waals surface area contributed by atoms with E-state index in [4.69, 9.17) is 21.1 Å². The first kappa shape index (κ1) is 19.6. The number of halogens is 2. The Balaban J connectivity index is 2.07. The number of pyridine rings is 1. The van der Waals surface area contributed by atoms with E-state index in [0.29, 0.717) is 16.9 Å². The third-order valence-electron chi connectivity index (χ3n) is 3.71. The summed E-state index contributed by atoms with van der Waals surface area (Å²) in [5.41, 5.74) is -1.37. The molecule has 3 aromatic rings. The van der Waals surface area contributed by atoms with Gasteiger partial charge in [-0.2, -0.15) is 0 Å². The van der Waals surface area contributed by atoms with Crippen molar-refractivity contribution in [3.63, 3.8) is 0 Å². The molecule has 1 aromatic carbocycles. The summed E-state index contributed by atoms with van der Waals surface area (Å²) in [6.07, 6.45) is 2.32. The van der Waals surface area contributed by atoms with Crippen molar-refractivity contribution in [2.45, 2.75) is 20.3 Å².